The van der Waals surface area contributed by atoms with Crippen LogP contribution in [0.4, 0.5) is 5.95 Å². The number of para-hydroxylation sites is 2. The van der Waals surface area contributed by atoms with Gasteiger partial charge in [0.1, 0.15) is 29.9 Å². The van der Waals surface area contributed by atoms with E-state index in [0.29, 0.717) is 19.1 Å². The molecule has 0 fully saturated rings. The van der Waals surface area contributed by atoms with Crippen molar-refractivity contribution in [2.45, 2.75) is 13.5 Å². The molecule has 0 spiro atoms. The number of nitrogens with zero attached hydrogens (tertiary/aromatic N) is 1. The van der Waals surface area contributed by atoms with Gasteiger partial charge in [-0.2, -0.15) is 0 Å². The zero-order valence-electron chi connectivity index (χ0n) is 11.5. The SMILES string of the molecule is Cc1cccc(OCC[n+]2c(N)[nH]c3ccccc32)c1. The Labute approximate surface area is 117 Å². The first-order valence-electron chi connectivity index (χ1n) is 6.69. The molecule has 2 aromatic carbocycles. The molecule has 0 amide bonds. The average molecular weight is 268 g/mol. The van der Waals surface area contributed by atoms with Crippen LogP contribution in [0.25, 0.3) is 11.0 Å². The number of benzene rings is 2. The van der Waals surface area contributed by atoms with E-state index in [2.05, 4.69) is 24.0 Å². The molecule has 0 bridgehead atoms. The molecule has 0 saturated heterocycles. The van der Waals surface area contributed by atoms with E-state index in [1.807, 2.05) is 41.0 Å². The van der Waals surface area contributed by atoms with Crippen LogP contribution in [0.1, 0.15) is 5.56 Å². The van der Waals surface area contributed by atoms with E-state index < -0.39 is 0 Å². The van der Waals surface area contributed by atoms with E-state index in [4.69, 9.17) is 10.5 Å². The quantitative estimate of drug-likeness (QED) is 0.714. The third-order valence-electron chi connectivity index (χ3n) is 3.32. The first kappa shape index (κ1) is 12.5. The lowest BCUT2D eigenvalue weighted by molar-refractivity contribution is -0.657. The second-order valence-electron chi connectivity index (χ2n) is 4.84. The molecule has 0 aliphatic carbocycles. The number of H-pyrrole nitrogens is 1. The largest absolute Gasteiger partial charge is 0.490 e. The second kappa shape index (κ2) is 5.25. The van der Waals surface area contributed by atoms with Gasteiger partial charge in [-0.15, -0.1) is 0 Å². The number of nitrogens with two attached hydrogens (primary N) is 1. The van der Waals surface area contributed by atoms with Crippen molar-refractivity contribution in [2.24, 2.45) is 0 Å². The fourth-order valence-corrected chi connectivity index (χ4v) is 2.35. The van der Waals surface area contributed by atoms with Crippen molar-refractivity contribution in [2.75, 3.05) is 12.3 Å². The monoisotopic (exact) mass is 268 g/mol. The van der Waals surface area contributed by atoms with Crippen LogP contribution >= 0.6 is 0 Å². The van der Waals surface area contributed by atoms with Crippen LogP contribution in [-0.4, -0.2) is 11.6 Å². The Morgan fingerprint density at radius 2 is 2.00 bits per heavy atom. The van der Waals surface area contributed by atoms with Gasteiger partial charge in [-0.1, -0.05) is 24.3 Å². The number of aromatic amines is 1. The van der Waals surface area contributed by atoms with Gasteiger partial charge in [0.15, 0.2) is 0 Å². The van der Waals surface area contributed by atoms with Crippen LogP contribution in [-0.2, 0) is 6.54 Å². The number of hydrogen-bond donors (Lipinski definition) is 2. The predicted molar refractivity (Wildman–Crippen MR) is 79.6 cm³/mol. The lowest BCUT2D eigenvalue weighted by atomic mass is 10.2. The summed E-state index contributed by atoms with van der Waals surface area (Å²) in [4.78, 5) is 3.17. The van der Waals surface area contributed by atoms with Crippen LogP contribution in [0.2, 0.25) is 0 Å². The fraction of sp³-hybridized carbons (Fsp3) is 0.188. The Bertz CT molecular complexity index is 733. The maximum Gasteiger partial charge on any atom is 0.353 e. The van der Waals surface area contributed by atoms with E-state index in [1.165, 1.54) is 5.56 Å². The Hall–Kier alpha value is -2.49. The van der Waals surface area contributed by atoms with Crippen molar-refractivity contribution >= 4 is 17.0 Å². The number of anilines is 1. The summed E-state index contributed by atoms with van der Waals surface area (Å²) in [6.07, 6.45) is 0. The summed E-state index contributed by atoms with van der Waals surface area (Å²) in [5, 5.41) is 0. The van der Waals surface area contributed by atoms with Crippen LogP contribution in [0.15, 0.2) is 48.5 Å². The maximum absolute atomic E-state index is 6.01. The Kier molecular flexibility index (Phi) is 3.29. The van der Waals surface area contributed by atoms with Crippen LogP contribution in [0.5, 0.6) is 5.75 Å². The summed E-state index contributed by atoms with van der Waals surface area (Å²) in [5.41, 5.74) is 9.34. The number of fused-ring (bicyclic) bond motifs is 1. The Morgan fingerprint density at radius 3 is 2.85 bits per heavy atom. The van der Waals surface area contributed by atoms with Crippen LogP contribution in [0.3, 0.4) is 0 Å². The molecular formula is C16H18N3O+. The highest BCUT2D eigenvalue weighted by Crippen LogP contribution is 2.13. The van der Waals surface area contributed by atoms with Crippen molar-refractivity contribution < 1.29 is 9.30 Å². The van der Waals surface area contributed by atoms with Crippen molar-refractivity contribution in [1.29, 1.82) is 0 Å². The summed E-state index contributed by atoms with van der Waals surface area (Å²) in [6, 6.07) is 16.1. The van der Waals surface area contributed by atoms with Gasteiger partial charge in [0.25, 0.3) is 0 Å². The van der Waals surface area contributed by atoms with Gasteiger partial charge in [0, 0.05) is 0 Å². The molecule has 3 aromatic rings. The molecule has 3 N–H and O–H groups in total. The molecule has 0 aliphatic rings. The van der Waals surface area contributed by atoms with Crippen molar-refractivity contribution in [1.82, 2.24) is 4.98 Å². The molecule has 0 radical (unpaired) electrons. The van der Waals surface area contributed by atoms with Gasteiger partial charge in [0.05, 0.1) is 0 Å². The molecule has 4 heteroatoms. The molecule has 102 valence electrons. The minimum absolute atomic E-state index is 0.583. The normalized spacial score (nSPS) is 10.8. The van der Waals surface area contributed by atoms with E-state index in [1.54, 1.807) is 0 Å². The summed E-state index contributed by atoms with van der Waals surface area (Å²) in [5.74, 6) is 1.54. The summed E-state index contributed by atoms with van der Waals surface area (Å²) >= 11 is 0. The van der Waals surface area contributed by atoms with Crippen molar-refractivity contribution in [3.05, 3.63) is 54.1 Å². The van der Waals surface area contributed by atoms with Crippen LogP contribution in [0, 0.1) is 6.92 Å². The van der Waals surface area contributed by atoms with Crippen LogP contribution < -0.4 is 15.0 Å². The number of ether oxygens (including phenoxy) is 1. The second-order valence-corrected chi connectivity index (χ2v) is 4.84. The zero-order valence-corrected chi connectivity index (χ0v) is 11.5. The highest BCUT2D eigenvalue weighted by Gasteiger charge is 2.12. The highest BCUT2D eigenvalue weighted by atomic mass is 16.5. The molecule has 1 aromatic heterocycles. The first-order valence-corrected chi connectivity index (χ1v) is 6.69. The molecule has 0 unspecified atom stereocenters. The van der Waals surface area contributed by atoms with E-state index in [-0.39, 0.29) is 0 Å². The summed E-state index contributed by atoms with van der Waals surface area (Å²) < 4.78 is 7.81. The first-order chi connectivity index (χ1) is 9.74. The highest BCUT2D eigenvalue weighted by molar-refractivity contribution is 5.72. The van der Waals surface area contributed by atoms with Crippen molar-refractivity contribution in [3.63, 3.8) is 0 Å². The summed E-state index contributed by atoms with van der Waals surface area (Å²) in [7, 11) is 0. The minimum Gasteiger partial charge on any atom is -0.490 e. The van der Waals surface area contributed by atoms with E-state index in [9.17, 15) is 0 Å². The predicted octanol–water partition coefficient (Wildman–Crippen LogP) is 2.43. The number of imidazole rings is 1. The van der Waals surface area contributed by atoms with Crippen molar-refractivity contribution in [3.8, 4) is 5.75 Å². The maximum atomic E-state index is 6.01. The Balaban J connectivity index is 1.73. The number of aryl methyl sites for hydroxylation is 1. The molecule has 0 aliphatic heterocycles. The van der Waals surface area contributed by atoms with Gasteiger partial charge >= 0.3 is 5.95 Å². The zero-order chi connectivity index (χ0) is 13.9. The fourth-order valence-electron chi connectivity index (χ4n) is 2.35. The Morgan fingerprint density at radius 1 is 1.15 bits per heavy atom. The molecule has 0 atom stereocenters. The molecule has 0 saturated carbocycles. The topological polar surface area (TPSA) is 54.9 Å². The van der Waals surface area contributed by atoms with Gasteiger partial charge < -0.3 is 4.74 Å². The van der Waals surface area contributed by atoms with E-state index in [0.717, 1.165) is 16.8 Å². The lowest BCUT2D eigenvalue weighted by Gasteiger charge is -2.06. The number of hydrogen-bond acceptors (Lipinski definition) is 2. The van der Waals surface area contributed by atoms with Gasteiger partial charge in [-0.05, 0) is 36.8 Å². The van der Waals surface area contributed by atoms with Gasteiger partial charge in [0.2, 0.25) is 0 Å². The number of nitrogen functional groups attached to an aromatic ring is 1. The molecule has 20 heavy (non-hydrogen) atoms. The molecule has 1 heterocycles. The standard InChI is InChI=1S/C16H17N3O/c1-12-5-4-6-13(11-12)20-10-9-19-15-8-3-2-7-14(15)18-16(19)17/h2-8,11H,9-10H2,1H3,(H2,17,18)/p+1. The third kappa shape index (κ3) is 2.45. The minimum atomic E-state index is 0.583. The van der Waals surface area contributed by atoms with E-state index >= 15 is 0 Å². The van der Waals surface area contributed by atoms with Gasteiger partial charge in [-0.25, -0.2) is 9.55 Å². The van der Waals surface area contributed by atoms with Gasteiger partial charge in [-0.3, -0.25) is 5.73 Å². The molecule has 4 nitrogen and oxygen atoms in total. The molecular weight excluding hydrogens is 250 g/mol. The summed E-state index contributed by atoms with van der Waals surface area (Å²) in [6.45, 7) is 3.35. The average Bonchev–Trinajstić information content (AvgIpc) is 2.75. The lowest BCUT2D eigenvalue weighted by Crippen LogP contribution is -2.38. The number of aromatic nitrogens is 2. The number of nitrogens with one attached hydrogen (secondary N) is 1. The number of rotatable bonds is 4. The third-order valence-corrected chi connectivity index (χ3v) is 3.32. The molecule has 3 rings (SSSR count). The smallest absolute Gasteiger partial charge is 0.353 e.